The van der Waals surface area contributed by atoms with E-state index in [-0.39, 0.29) is 0 Å². The van der Waals surface area contributed by atoms with Gasteiger partial charge in [-0.1, -0.05) is 60.7 Å². The minimum atomic E-state index is 0.901. The lowest BCUT2D eigenvalue weighted by molar-refractivity contribution is 1.28. The predicted molar refractivity (Wildman–Crippen MR) is 168 cm³/mol. The number of hydrogen-bond donors (Lipinski definition) is 0. The molecule has 0 aliphatic heterocycles. The predicted octanol–water partition coefficient (Wildman–Crippen LogP) is 9.33. The quantitative estimate of drug-likeness (QED) is 0.209. The summed E-state index contributed by atoms with van der Waals surface area (Å²) in [6, 6.07) is 37.6. The molecule has 0 saturated heterocycles. The highest BCUT2D eigenvalue weighted by Gasteiger charge is 2.23. The van der Waals surface area contributed by atoms with E-state index in [4.69, 9.17) is 9.97 Å². The summed E-state index contributed by atoms with van der Waals surface area (Å²) < 4.78 is 0. The first kappa shape index (κ1) is 24.8. The average Bonchev–Trinajstić information content (AvgIpc) is 3.47. The lowest BCUT2D eigenvalue weighted by atomic mass is 9.92. The molecule has 0 unspecified atom stereocenters. The molecule has 194 valence electrons. The molecule has 0 amide bonds. The zero-order valence-corrected chi connectivity index (χ0v) is 22.9. The number of pyridine rings is 4. The zero-order chi connectivity index (χ0) is 27.4. The summed E-state index contributed by atoms with van der Waals surface area (Å²) in [7, 11) is 0. The number of aromatic nitrogens is 4. The van der Waals surface area contributed by atoms with Gasteiger partial charge in [0.05, 0.1) is 11.4 Å². The zero-order valence-electron chi connectivity index (χ0n) is 22.1. The maximum atomic E-state index is 4.84. The Morgan fingerprint density at radius 1 is 0.366 bits per heavy atom. The van der Waals surface area contributed by atoms with E-state index in [1.165, 1.54) is 32.0 Å². The van der Waals surface area contributed by atoms with Gasteiger partial charge in [-0.05, 0) is 59.7 Å². The third kappa shape index (κ3) is 4.95. The second kappa shape index (κ2) is 11.1. The third-order valence-corrected chi connectivity index (χ3v) is 8.29. The van der Waals surface area contributed by atoms with Gasteiger partial charge in [-0.25, -0.2) is 0 Å². The van der Waals surface area contributed by atoms with E-state index in [1.54, 1.807) is 23.7 Å². The molecule has 0 aliphatic carbocycles. The van der Waals surface area contributed by atoms with Crippen LogP contribution in [0.5, 0.6) is 0 Å². The second-order valence-corrected chi connectivity index (χ2v) is 10.6. The second-order valence-electron chi connectivity index (χ2n) is 9.59. The van der Waals surface area contributed by atoms with Gasteiger partial charge in [0.1, 0.15) is 0 Å². The lowest BCUT2D eigenvalue weighted by Crippen LogP contribution is -1.88. The van der Waals surface area contributed by atoms with Gasteiger partial charge in [-0.3, -0.25) is 19.9 Å². The van der Waals surface area contributed by atoms with Crippen LogP contribution >= 0.6 is 11.3 Å². The summed E-state index contributed by atoms with van der Waals surface area (Å²) in [6.07, 6.45) is 11.2. The fraction of sp³-hybridized carbons (Fsp3) is 0. The number of thiophene rings is 1. The molecule has 7 rings (SSSR count). The number of hydrogen-bond acceptors (Lipinski definition) is 5. The molecule has 5 heteroatoms. The fourth-order valence-electron chi connectivity index (χ4n) is 5.02. The molecule has 0 bridgehead atoms. The minimum absolute atomic E-state index is 0.901. The molecule has 0 saturated carbocycles. The summed E-state index contributed by atoms with van der Waals surface area (Å²) in [5.41, 5.74) is 10.7. The van der Waals surface area contributed by atoms with Crippen LogP contribution in [0.15, 0.2) is 146 Å². The molecule has 0 N–H and O–H groups in total. The highest BCUT2D eigenvalue weighted by atomic mass is 32.1. The number of nitrogens with zero attached hydrogens (tertiary/aromatic N) is 4. The van der Waals surface area contributed by atoms with E-state index in [0.29, 0.717) is 0 Å². The van der Waals surface area contributed by atoms with Crippen LogP contribution in [0.25, 0.3) is 65.6 Å². The van der Waals surface area contributed by atoms with Crippen molar-refractivity contribution in [2.24, 2.45) is 0 Å². The van der Waals surface area contributed by atoms with E-state index in [2.05, 4.69) is 94.9 Å². The first-order chi connectivity index (χ1) is 20.3. The Bertz CT molecular complexity index is 1740. The van der Waals surface area contributed by atoms with Crippen molar-refractivity contribution in [3.8, 4) is 65.6 Å². The van der Waals surface area contributed by atoms with Gasteiger partial charge in [0.25, 0.3) is 0 Å². The van der Waals surface area contributed by atoms with Crippen molar-refractivity contribution in [3.63, 3.8) is 0 Å². The summed E-state index contributed by atoms with van der Waals surface area (Å²) in [5.74, 6) is 0. The van der Waals surface area contributed by atoms with Crippen molar-refractivity contribution in [1.82, 2.24) is 19.9 Å². The SMILES string of the molecule is c1ccc(-c2c(-c3ccc(-c4cccnc4)nc3)sc(-c3ccc(-c4cccnc4)nc3)c2-c2ccccc2)cc1. The molecule has 0 aliphatic rings. The summed E-state index contributed by atoms with van der Waals surface area (Å²) in [4.78, 5) is 20.5. The Labute approximate surface area is 242 Å². The lowest BCUT2D eigenvalue weighted by Gasteiger charge is -2.11. The molecule has 7 aromatic rings. The van der Waals surface area contributed by atoms with Crippen LogP contribution < -0.4 is 0 Å². The van der Waals surface area contributed by atoms with E-state index < -0.39 is 0 Å². The van der Waals surface area contributed by atoms with Gasteiger partial charge in [0.15, 0.2) is 0 Å². The summed E-state index contributed by atoms with van der Waals surface area (Å²) in [5, 5.41) is 0. The van der Waals surface area contributed by atoms with Gasteiger partial charge in [-0.15, -0.1) is 11.3 Å². The summed E-state index contributed by atoms with van der Waals surface area (Å²) >= 11 is 1.78. The van der Waals surface area contributed by atoms with Crippen molar-refractivity contribution in [1.29, 1.82) is 0 Å². The van der Waals surface area contributed by atoms with Crippen LogP contribution in [0.2, 0.25) is 0 Å². The van der Waals surface area contributed by atoms with Crippen molar-refractivity contribution in [3.05, 3.63) is 146 Å². The van der Waals surface area contributed by atoms with Gasteiger partial charge in [0.2, 0.25) is 0 Å². The largest absolute Gasteiger partial charge is 0.264 e. The molecular formula is C36H24N4S. The molecule has 4 nitrogen and oxygen atoms in total. The molecule has 0 spiro atoms. The molecule has 5 heterocycles. The van der Waals surface area contributed by atoms with E-state index in [0.717, 1.165) is 33.6 Å². The number of benzene rings is 2. The van der Waals surface area contributed by atoms with Crippen molar-refractivity contribution in [2.75, 3.05) is 0 Å². The monoisotopic (exact) mass is 544 g/mol. The maximum Gasteiger partial charge on any atom is 0.0717 e. The smallest absolute Gasteiger partial charge is 0.0717 e. The van der Waals surface area contributed by atoms with Crippen LogP contribution in [-0.2, 0) is 0 Å². The topological polar surface area (TPSA) is 51.6 Å². The standard InChI is InChI=1S/C36H24N4S/c1-3-9-25(10-4-1)33-34(26-11-5-2-6-12-26)36(30-16-18-32(40-24-30)28-14-8-20-38-22-28)41-35(33)29-15-17-31(39-23-29)27-13-7-19-37-21-27/h1-24H. The molecule has 5 aromatic heterocycles. The van der Waals surface area contributed by atoms with Gasteiger partial charge in [-0.2, -0.15) is 0 Å². The Hall–Kier alpha value is -5.26. The van der Waals surface area contributed by atoms with Gasteiger partial charge >= 0.3 is 0 Å². The average molecular weight is 545 g/mol. The third-order valence-electron chi connectivity index (χ3n) is 7.00. The van der Waals surface area contributed by atoms with Crippen LogP contribution in [0.3, 0.4) is 0 Å². The van der Waals surface area contributed by atoms with Crippen LogP contribution in [0.1, 0.15) is 0 Å². The minimum Gasteiger partial charge on any atom is -0.264 e. The normalized spacial score (nSPS) is 10.9. The molecule has 41 heavy (non-hydrogen) atoms. The van der Waals surface area contributed by atoms with Crippen LogP contribution in [-0.4, -0.2) is 19.9 Å². The van der Waals surface area contributed by atoms with E-state index in [1.807, 2.05) is 49.1 Å². The maximum absolute atomic E-state index is 4.84. The van der Waals surface area contributed by atoms with E-state index >= 15 is 0 Å². The molecule has 0 atom stereocenters. The Kier molecular flexibility index (Phi) is 6.69. The Morgan fingerprint density at radius 3 is 1.17 bits per heavy atom. The molecule has 0 fully saturated rings. The van der Waals surface area contributed by atoms with Gasteiger partial charge in [0, 0.05) is 80.3 Å². The van der Waals surface area contributed by atoms with Crippen molar-refractivity contribution >= 4 is 11.3 Å². The highest BCUT2D eigenvalue weighted by molar-refractivity contribution is 7.20. The first-order valence-corrected chi connectivity index (χ1v) is 14.2. The fourth-order valence-corrected chi connectivity index (χ4v) is 6.35. The highest BCUT2D eigenvalue weighted by Crippen LogP contribution is 2.51. The molecular weight excluding hydrogens is 520 g/mol. The van der Waals surface area contributed by atoms with Crippen LogP contribution in [0.4, 0.5) is 0 Å². The first-order valence-electron chi connectivity index (χ1n) is 13.4. The molecule has 2 aromatic carbocycles. The summed E-state index contributed by atoms with van der Waals surface area (Å²) in [6.45, 7) is 0. The van der Waals surface area contributed by atoms with E-state index in [9.17, 15) is 0 Å². The van der Waals surface area contributed by atoms with Crippen molar-refractivity contribution in [2.45, 2.75) is 0 Å². The Morgan fingerprint density at radius 2 is 0.805 bits per heavy atom. The Balaban J connectivity index is 1.43. The van der Waals surface area contributed by atoms with Gasteiger partial charge < -0.3 is 0 Å². The van der Waals surface area contributed by atoms with Crippen molar-refractivity contribution < 1.29 is 0 Å². The molecule has 0 radical (unpaired) electrons. The number of rotatable bonds is 6. The van der Waals surface area contributed by atoms with Crippen LogP contribution in [0, 0.1) is 0 Å².